The summed E-state index contributed by atoms with van der Waals surface area (Å²) < 4.78 is 10.6. The van der Waals surface area contributed by atoms with Crippen LogP contribution in [0, 0.1) is 0 Å². The van der Waals surface area contributed by atoms with E-state index in [1.807, 2.05) is 12.1 Å². The molecule has 1 aliphatic rings. The molecule has 1 aromatic rings. The third-order valence-electron chi connectivity index (χ3n) is 3.62. The Labute approximate surface area is 139 Å². The van der Waals surface area contributed by atoms with Crippen LogP contribution >= 0.6 is 0 Å². The molecule has 24 heavy (non-hydrogen) atoms. The van der Waals surface area contributed by atoms with Gasteiger partial charge in [0.2, 0.25) is 0 Å². The highest BCUT2D eigenvalue weighted by atomic mass is 16.7. The Morgan fingerprint density at radius 1 is 1.21 bits per heavy atom. The fourth-order valence-corrected chi connectivity index (χ4v) is 2.24. The second-order valence-corrected chi connectivity index (χ2v) is 5.47. The topological polar surface area (TPSA) is 134 Å². The van der Waals surface area contributed by atoms with Crippen LogP contribution < -0.4 is 5.48 Å². The molecule has 2 unspecified atom stereocenters. The van der Waals surface area contributed by atoms with Crippen LogP contribution in [0.25, 0.3) is 0 Å². The van der Waals surface area contributed by atoms with E-state index in [9.17, 15) is 15.3 Å². The number of hydroxylamine groups is 1. The molecule has 2 rings (SSSR count). The quantitative estimate of drug-likeness (QED) is 0.263. The smallest absolute Gasteiger partial charge is 0.186 e. The van der Waals surface area contributed by atoms with Crippen LogP contribution in [0.3, 0.4) is 0 Å². The lowest BCUT2D eigenvalue weighted by Gasteiger charge is -2.39. The molecule has 0 aliphatic carbocycles. The molecule has 2 heterocycles. The number of aliphatic hydroxyl groups is 4. The number of pyridine rings is 1. The summed E-state index contributed by atoms with van der Waals surface area (Å²) in [4.78, 5) is 9.24. The summed E-state index contributed by atoms with van der Waals surface area (Å²) in [6.45, 7) is 0.666. The van der Waals surface area contributed by atoms with Crippen molar-refractivity contribution in [2.24, 2.45) is 0 Å². The minimum Gasteiger partial charge on any atom is -0.394 e. The first kappa shape index (κ1) is 19.2. The number of hydrogen-bond acceptors (Lipinski definition) is 9. The molecule has 1 aliphatic heterocycles. The van der Waals surface area contributed by atoms with E-state index in [0.717, 1.165) is 5.56 Å². The van der Waals surface area contributed by atoms with E-state index in [0.29, 0.717) is 19.6 Å². The van der Waals surface area contributed by atoms with E-state index in [1.54, 1.807) is 12.4 Å². The van der Waals surface area contributed by atoms with Gasteiger partial charge in [-0.15, -0.1) is 0 Å². The zero-order valence-electron chi connectivity index (χ0n) is 13.2. The maximum absolute atomic E-state index is 9.80. The molecule has 0 aromatic carbocycles. The molecule has 5 N–H and O–H groups in total. The van der Waals surface area contributed by atoms with Crippen molar-refractivity contribution in [2.75, 3.05) is 19.8 Å². The number of hydrogen-bond donors (Lipinski definition) is 5. The molecule has 9 heteroatoms. The van der Waals surface area contributed by atoms with Crippen molar-refractivity contribution in [3.8, 4) is 0 Å². The lowest BCUT2D eigenvalue weighted by atomic mass is 9.99. The van der Waals surface area contributed by atoms with E-state index in [4.69, 9.17) is 19.4 Å². The Hall–Kier alpha value is -1.17. The maximum Gasteiger partial charge on any atom is 0.186 e. The van der Waals surface area contributed by atoms with Crippen LogP contribution in [0.1, 0.15) is 12.0 Å². The second kappa shape index (κ2) is 9.97. The SMILES string of the molecule is OCC1O[C@H](OCCCNOCc2cccnc2)C(O)[C@H](O)[C@@H]1O. The first-order valence-electron chi connectivity index (χ1n) is 7.79. The van der Waals surface area contributed by atoms with Crippen LogP contribution in [0.2, 0.25) is 0 Å². The van der Waals surface area contributed by atoms with Crippen molar-refractivity contribution >= 4 is 0 Å². The highest BCUT2D eigenvalue weighted by Gasteiger charge is 2.43. The van der Waals surface area contributed by atoms with E-state index in [-0.39, 0.29) is 6.61 Å². The van der Waals surface area contributed by atoms with Crippen molar-refractivity contribution in [1.29, 1.82) is 0 Å². The van der Waals surface area contributed by atoms with Crippen LogP contribution in [-0.4, -0.2) is 75.9 Å². The minimum atomic E-state index is -1.43. The minimum absolute atomic E-state index is 0.242. The Morgan fingerprint density at radius 2 is 2.04 bits per heavy atom. The summed E-state index contributed by atoms with van der Waals surface area (Å²) in [6.07, 6.45) is -2.28. The van der Waals surface area contributed by atoms with Gasteiger partial charge in [-0.05, 0) is 18.1 Å². The van der Waals surface area contributed by atoms with Crippen LogP contribution in [0.15, 0.2) is 24.5 Å². The highest BCUT2D eigenvalue weighted by Crippen LogP contribution is 2.21. The van der Waals surface area contributed by atoms with E-state index >= 15 is 0 Å². The van der Waals surface area contributed by atoms with E-state index in [2.05, 4.69) is 10.5 Å². The monoisotopic (exact) mass is 344 g/mol. The maximum atomic E-state index is 9.80. The summed E-state index contributed by atoms with van der Waals surface area (Å²) in [5.74, 6) is 0. The molecular weight excluding hydrogens is 320 g/mol. The predicted octanol–water partition coefficient (Wildman–Crippen LogP) is -1.69. The lowest BCUT2D eigenvalue weighted by Crippen LogP contribution is -2.59. The Balaban J connectivity index is 1.58. The van der Waals surface area contributed by atoms with Crippen LogP contribution in [0.4, 0.5) is 0 Å². The van der Waals surface area contributed by atoms with Gasteiger partial charge in [0.05, 0.1) is 19.8 Å². The molecule has 9 nitrogen and oxygen atoms in total. The lowest BCUT2D eigenvalue weighted by molar-refractivity contribution is -0.301. The van der Waals surface area contributed by atoms with Gasteiger partial charge in [-0.25, -0.2) is 5.48 Å². The van der Waals surface area contributed by atoms with Gasteiger partial charge in [-0.3, -0.25) is 9.82 Å². The first-order valence-corrected chi connectivity index (χ1v) is 7.79. The third-order valence-corrected chi connectivity index (χ3v) is 3.62. The molecule has 0 saturated carbocycles. The number of nitrogens with one attached hydrogen (secondary N) is 1. The van der Waals surface area contributed by atoms with Crippen molar-refractivity contribution in [2.45, 2.75) is 43.7 Å². The Bertz CT molecular complexity index is 462. The van der Waals surface area contributed by atoms with Crippen molar-refractivity contribution in [3.63, 3.8) is 0 Å². The van der Waals surface area contributed by atoms with Gasteiger partial charge in [0, 0.05) is 18.9 Å². The largest absolute Gasteiger partial charge is 0.394 e. The van der Waals surface area contributed by atoms with E-state index < -0.39 is 37.3 Å². The van der Waals surface area contributed by atoms with Gasteiger partial charge < -0.3 is 29.9 Å². The molecule has 1 aromatic heterocycles. The molecule has 0 bridgehead atoms. The zero-order chi connectivity index (χ0) is 17.4. The molecule has 0 spiro atoms. The summed E-state index contributed by atoms with van der Waals surface area (Å²) in [5.41, 5.74) is 3.72. The standard InChI is InChI=1S/C15H24N2O7/c18-8-11-12(19)13(20)14(21)15(24-11)22-6-2-5-17-23-9-10-3-1-4-16-7-10/h1,3-4,7,11-15,17-21H,2,5-6,8-9H2/t11?,12-,13-,14?,15+/m1/s1. The Kier molecular flexibility index (Phi) is 7.95. The normalized spacial score (nSPS) is 30.4. The highest BCUT2D eigenvalue weighted by molar-refractivity contribution is 5.06. The number of rotatable bonds is 9. The molecular formula is C15H24N2O7. The fourth-order valence-electron chi connectivity index (χ4n) is 2.24. The molecule has 1 fully saturated rings. The van der Waals surface area contributed by atoms with Crippen LogP contribution in [0.5, 0.6) is 0 Å². The Morgan fingerprint density at radius 3 is 2.75 bits per heavy atom. The molecule has 0 radical (unpaired) electrons. The third kappa shape index (κ3) is 5.43. The number of aliphatic hydroxyl groups excluding tert-OH is 4. The summed E-state index contributed by atoms with van der Waals surface area (Å²) in [5, 5.41) is 38.2. The number of aromatic nitrogens is 1. The molecule has 0 amide bonds. The molecule has 1 saturated heterocycles. The molecule has 136 valence electrons. The summed E-state index contributed by atoms with van der Waals surface area (Å²) in [6, 6.07) is 3.73. The molecule has 5 atom stereocenters. The van der Waals surface area contributed by atoms with Crippen molar-refractivity contribution in [1.82, 2.24) is 10.5 Å². The van der Waals surface area contributed by atoms with Crippen molar-refractivity contribution in [3.05, 3.63) is 30.1 Å². The van der Waals surface area contributed by atoms with E-state index in [1.165, 1.54) is 0 Å². The van der Waals surface area contributed by atoms with Gasteiger partial charge in [-0.2, -0.15) is 0 Å². The zero-order valence-corrected chi connectivity index (χ0v) is 13.2. The van der Waals surface area contributed by atoms with Gasteiger partial charge >= 0.3 is 0 Å². The number of ether oxygens (including phenoxy) is 2. The predicted molar refractivity (Wildman–Crippen MR) is 81.4 cm³/mol. The average Bonchev–Trinajstić information content (AvgIpc) is 2.61. The number of nitrogens with zero attached hydrogens (tertiary/aromatic N) is 1. The van der Waals surface area contributed by atoms with Gasteiger partial charge in [0.15, 0.2) is 6.29 Å². The summed E-state index contributed by atoms with van der Waals surface area (Å²) >= 11 is 0. The van der Waals surface area contributed by atoms with Gasteiger partial charge in [0.1, 0.15) is 24.4 Å². The summed E-state index contributed by atoms with van der Waals surface area (Å²) in [7, 11) is 0. The van der Waals surface area contributed by atoms with Crippen molar-refractivity contribution < 1.29 is 34.7 Å². The van der Waals surface area contributed by atoms with Gasteiger partial charge in [0.25, 0.3) is 0 Å². The first-order chi connectivity index (χ1) is 11.6. The fraction of sp³-hybridized carbons (Fsp3) is 0.667. The van der Waals surface area contributed by atoms with Crippen LogP contribution in [-0.2, 0) is 20.9 Å². The second-order valence-electron chi connectivity index (χ2n) is 5.47. The average molecular weight is 344 g/mol. The van der Waals surface area contributed by atoms with Gasteiger partial charge in [-0.1, -0.05) is 6.07 Å².